The van der Waals surface area contributed by atoms with Crippen LogP contribution in [-0.2, 0) is 5.41 Å². The number of benzene rings is 2. The van der Waals surface area contributed by atoms with Crippen LogP contribution >= 0.6 is 0 Å². The largest absolute Gasteiger partial charge is 0.337 e. The highest BCUT2D eigenvalue weighted by molar-refractivity contribution is 5.94. The summed E-state index contributed by atoms with van der Waals surface area (Å²) in [5.74, 6) is 0.136. The van der Waals surface area contributed by atoms with Gasteiger partial charge >= 0.3 is 0 Å². The molecular formula is C18H16FNO. The minimum absolute atomic E-state index is 0.0583. The Morgan fingerprint density at radius 2 is 1.95 bits per heavy atom. The van der Waals surface area contributed by atoms with Crippen LogP contribution in [0.3, 0.4) is 0 Å². The summed E-state index contributed by atoms with van der Waals surface area (Å²) < 4.78 is 13.3. The van der Waals surface area contributed by atoms with Crippen molar-refractivity contribution in [1.29, 1.82) is 0 Å². The highest BCUT2D eigenvalue weighted by atomic mass is 19.1. The van der Waals surface area contributed by atoms with E-state index in [9.17, 15) is 9.18 Å². The number of rotatable bonds is 2. The third-order valence-corrected chi connectivity index (χ3v) is 4.85. The van der Waals surface area contributed by atoms with Gasteiger partial charge in [0.2, 0.25) is 0 Å². The van der Waals surface area contributed by atoms with Crippen molar-refractivity contribution in [3.63, 3.8) is 0 Å². The van der Waals surface area contributed by atoms with Gasteiger partial charge < -0.3 is 4.90 Å². The smallest absolute Gasteiger partial charge is 0.253 e. The van der Waals surface area contributed by atoms with Crippen LogP contribution < -0.4 is 0 Å². The number of amides is 1. The highest BCUT2D eigenvalue weighted by Gasteiger charge is 2.61. The number of halogens is 1. The van der Waals surface area contributed by atoms with Gasteiger partial charge in [-0.05, 0) is 36.1 Å². The van der Waals surface area contributed by atoms with Gasteiger partial charge in [-0.25, -0.2) is 4.39 Å². The van der Waals surface area contributed by atoms with Crippen LogP contribution in [0.15, 0.2) is 54.6 Å². The molecule has 1 saturated carbocycles. The molecular weight excluding hydrogens is 265 g/mol. The predicted octanol–water partition coefficient (Wildman–Crippen LogP) is 3.24. The number of likely N-dealkylation sites (tertiary alicyclic amines) is 1. The SMILES string of the molecule is O=C(c1cccc(F)c1)N1CC2CC2(c2ccccc2)C1. The van der Waals surface area contributed by atoms with E-state index in [1.807, 2.05) is 11.0 Å². The van der Waals surface area contributed by atoms with Gasteiger partial charge in [-0.2, -0.15) is 0 Å². The Balaban J connectivity index is 1.57. The molecule has 1 aliphatic carbocycles. The number of nitrogens with zero attached hydrogens (tertiary/aromatic N) is 1. The Morgan fingerprint density at radius 3 is 2.71 bits per heavy atom. The molecule has 4 rings (SSSR count). The molecule has 1 amide bonds. The molecule has 2 unspecified atom stereocenters. The van der Waals surface area contributed by atoms with Gasteiger partial charge in [0.1, 0.15) is 5.82 Å². The van der Waals surface area contributed by atoms with E-state index in [0.29, 0.717) is 11.5 Å². The van der Waals surface area contributed by atoms with Crippen LogP contribution in [0.2, 0.25) is 0 Å². The van der Waals surface area contributed by atoms with Crippen molar-refractivity contribution in [2.75, 3.05) is 13.1 Å². The van der Waals surface area contributed by atoms with Crippen LogP contribution in [0, 0.1) is 11.7 Å². The first-order chi connectivity index (χ1) is 10.2. The maximum absolute atomic E-state index is 13.3. The van der Waals surface area contributed by atoms with Crippen molar-refractivity contribution in [2.45, 2.75) is 11.8 Å². The summed E-state index contributed by atoms with van der Waals surface area (Å²) >= 11 is 0. The van der Waals surface area contributed by atoms with Crippen molar-refractivity contribution in [1.82, 2.24) is 4.90 Å². The first-order valence-electron chi connectivity index (χ1n) is 7.29. The Kier molecular flexibility index (Phi) is 2.64. The van der Waals surface area contributed by atoms with Crippen LogP contribution in [0.25, 0.3) is 0 Å². The van der Waals surface area contributed by atoms with E-state index >= 15 is 0 Å². The summed E-state index contributed by atoms with van der Waals surface area (Å²) in [4.78, 5) is 14.4. The van der Waals surface area contributed by atoms with Crippen molar-refractivity contribution in [2.24, 2.45) is 5.92 Å². The average Bonchev–Trinajstić information content (AvgIpc) is 3.09. The third kappa shape index (κ3) is 1.96. The number of carbonyl (C=O) groups excluding carboxylic acids is 1. The quantitative estimate of drug-likeness (QED) is 0.827. The van der Waals surface area contributed by atoms with Gasteiger partial charge in [-0.15, -0.1) is 0 Å². The third-order valence-electron chi connectivity index (χ3n) is 4.85. The number of hydrogen-bond donors (Lipinski definition) is 0. The van der Waals surface area contributed by atoms with Crippen LogP contribution in [0.1, 0.15) is 22.3 Å². The Bertz CT molecular complexity index is 699. The average molecular weight is 281 g/mol. The first-order valence-corrected chi connectivity index (χ1v) is 7.29. The van der Waals surface area contributed by atoms with Crippen molar-refractivity contribution in [3.8, 4) is 0 Å². The zero-order valence-corrected chi connectivity index (χ0v) is 11.6. The van der Waals surface area contributed by atoms with Crippen LogP contribution in [0.5, 0.6) is 0 Å². The second-order valence-corrected chi connectivity index (χ2v) is 6.12. The summed E-state index contributed by atoms with van der Waals surface area (Å²) in [5.41, 5.74) is 1.91. The zero-order valence-electron chi connectivity index (χ0n) is 11.6. The molecule has 0 radical (unpaired) electrons. The summed E-state index contributed by atoms with van der Waals surface area (Å²) in [6, 6.07) is 16.4. The number of piperidine rings is 1. The predicted molar refractivity (Wildman–Crippen MR) is 78.5 cm³/mol. The molecule has 0 bridgehead atoms. The second kappa shape index (κ2) is 4.42. The molecule has 2 fully saturated rings. The molecule has 3 heteroatoms. The molecule has 2 nitrogen and oxygen atoms in total. The van der Waals surface area contributed by atoms with Crippen molar-refractivity contribution >= 4 is 5.91 Å². The first kappa shape index (κ1) is 12.6. The lowest BCUT2D eigenvalue weighted by molar-refractivity contribution is 0.0772. The van der Waals surface area contributed by atoms with Crippen LogP contribution in [0.4, 0.5) is 4.39 Å². The Morgan fingerprint density at radius 1 is 1.14 bits per heavy atom. The van der Waals surface area contributed by atoms with E-state index in [0.717, 1.165) is 19.5 Å². The summed E-state index contributed by atoms with van der Waals surface area (Å²) in [6.45, 7) is 1.53. The monoisotopic (exact) mass is 281 g/mol. The molecule has 2 aromatic rings. The molecule has 106 valence electrons. The van der Waals surface area contributed by atoms with E-state index in [1.165, 1.54) is 17.7 Å². The van der Waals surface area contributed by atoms with E-state index in [-0.39, 0.29) is 17.1 Å². The summed E-state index contributed by atoms with van der Waals surface area (Å²) in [6.07, 6.45) is 1.16. The number of carbonyl (C=O) groups is 1. The summed E-state index contributed by atoms with van der Waals surface area (Å²) in [5, 5.41) is 0. The Labute approximate surface area is 123 Å². The molecule has 21 heavy (non-hydrogen) atoms. The minimum Gasteiger partial charge on any atom is -0.337 e. The normalized spacial score (nSPS) is 26.5. The van der Waals surface area contributed by atoms with E-state index in [2.05, 4.69) is 24.3 Å². The molecule has 0 spiro atoms. The van der Waals surface area contributed by atoms with Gasteiger partial charge in [-0.3, -0.25) is 4.79 Å². The second-order valence-electron chi connectivity index (χ2n) is 6.12. The maximum atomic E-state index is 13.3. The lowest BCUT2D eigenvalue weighted by Crippen LogP contribution is -2.32. The molecule has 2 aromatic carbocycles. The van der Waals surface area contributed by atoms with E-state index in [1.54, 1.807) is 12.1 Å². The van der Waals surface area contributed by atoms with Gasteiger partial charge in [0.25, 0.3) is 5.91 Å². The zero-order chi connectivity index (χ0) is 14.4. The maximum Gasteiger partial charge on any atom is 0.253 e. The fourth-order valence-electron chi connectivity index (χ4n) is 3.66. The lowest BCUT2D eigenvalue weighted by atomic mass is 9.95. The van der Waals surface area contributed by atoms with Crippen LogP contribution in [-0.4, -0.2) is 23.9 Å². The molecule has 1 heterocycles. The van der Waals surface area contributed by atoms with Gasteiger partial charge in [0.15, 0.2) is 0 Å². The Hall–Kier alpha value is -2.16. The van der Waals surface area contributed by atoms with Gasteiger partial charge in [-0.1, -0.05) is 36.4 Å². The van der Waals surface area contributed by atoms with E-state index < -0.39 is 0 Å². The fourth-order valence-corrected chi connectivity index (χ4v) is 3.66. The minimum atomic E-state index is -0.358. The van der Waals surface area contributed by atoms with Crippen molar-refractivity contribution < 1.29 is 9.18 Å². The molecule has 1 saturated heterocycles. The lowest BCUT2D eigenvalue weighted by Gasteiger charge is -2.21. The standard InChI is InChI=1S/C18H16FNO/c19-16-8-4-5-13(9-16)17(21)20-11-15-10-18(15,12-20)14-6-2-1-3-7-14/h1-9,15H,10-12H2. The van der Waals surface area contributed by atoms with Crippen molar-refractivity contribution in [3.05, 3.63) is 71.5 Å². The molecule has 0 aromatic heterocycles. The number of hydrogen-bond acceptors (Lipinski definition) is 1. The van der Waals surface area contributed by atoms with E-state index in [4.69, 9.17) is 0 Å². The van der Waals surface area contributed by atoms with Gasteiger partial charge in [0.05, 0.1) is 0 Å². The highest BCUT2D eigenvalue weighted by Crippen LogP contribution is 2.59. The molecule has 1 aliphatic heterocycles. The molecule has 2 atom stereocenters. The number of fused-ring (bicyclic) bond motifs is 1. The topological polar surface area (TPSA) is 20.3 Å². The molecule has 2 aliphatic rings. The summed E-state index contributed by atoms with van der Waals surface area (Å²) in [7, 11) is 0. The van der Waals surface area contributed by atoms with Gasteiger partial charge in [0, 0.05) is 24.1 Å². The molecule has 0 N–H and O–H groups in total. The fraction of sp³-hybridized carbons (Fsp3) is 0.278.